The van der Waals surface area contributed by atoms with Gasteiger partial charge in [-0.2, -0.15) is 0 Å². The van der Waals surface area contributed by atoms with Gasteiger partial charge >= 0.3 is 0 Å². The summed E-state index contributed by atoms with van der Waals surface area (Å²) in [7, 11) is -3.10. The molecule has 1 unspecified atom stereocenters. The molecule has 1 aromatic rings. The van der Waals surface area contributed by atoms with Crippen LogP contribution < -0.4 is 11.1 Å². The second-order valence-corrected chi connectivity index (χ2v) is 7.11. The molecular formula is C11H15BrN2O3S. The van der Waals surface area contributed by atoms with Crippen LogP contribution >= 0.6 is 15.9 Å². The number of hydrogen-bond donors (Lipinski definition) is 2. The smallest absolute Gasteiger partial charge is 0.241 e. The van der Waals surface area contributed by atoms with Gasteiger partial charge in [0.15, 0.2) is 0 Å². The Morgan fingerprint density at radius 3 is 2.61 bits per heavy atom. The highest BCUT2D eigenvalue weighted by Gasteiger charge is 2.16. The van der Waals surface area contributed by atoms with Crippen LogP contribution in [0, 0.1) is 0 Å². The van der Waals surface area contributed by atoms with Crippen LogP contribution in [0.4, 0.5) is 5.69 Å². The fraction of sp³-hybridized carbons (Fsp3) is 0.364. The molecule has 0 aromatic heterocycles. The normalized spacial score (nSPS) is 13.1. The van der Waals surface area contributed by atoms with Crippen molar-refractivity contribution in [2.45, 2.75) is 12.5 Å². The number of nitrogens with one attached hydrogen (secondary N) is 1. The first-order valence-electron chi connectivity index (χ1n) is 5.28. The predicted molar refractivity (Wildman–Crippen MR) is 75.1 cm³/mol. The molecule has 0 aliphatic rings. The Hall–Kier alpha value is -0.920. The van der Waals surface area contributed by atoms with Gasteiger partial charge in [0.1, 0.15) is 9.84 Å². The van der Waals surface area contributed by atoms with Gasteiger partial charge in [-0.15, -0.1) is 0 Å². The zero-order chi connectivity index (χ0) is 13.8. The molecule has 0 aliphatic carbocycles. The molecule has 1 atom stereocenters. The average Bonchev–Trinajstić information content (AvgIpc) is 2.28. The molecule has 0 spiro atoms. The molecule has 7 heteroatoms. The number of sulfone groups is 1. The topological polar surface area (TPSA) is 89.3 Å². The first kappa shape index (κ1) is 15.1. The number of anilines is 1. The summed E-state index contributed by atoms with van der Waals surface area (Å²) in [5.74, 6) is -0.497. The Bertz CT molecular complexity index is 531. The van der Waals surface area contributed by atoms with E-state index in [0.717, 1.165) is 10.7 Å². The number of carbonyl (C=O) groups is 1. The van der Waals surface area contributed by atoms with Crippen molar-refractivity contribution >= 4 is 37.4 Å². The molecule has 18 heavy (non-hydrogen) atoms. The second kappa shape index (κ2) is 6.31. The van der Waals surface area contributed by atoms with E-state index in [1.807, 2.05) is 6.07 Å². The van der Waals surface area contributed by atoms with Crippen LogP contribution in [0.25, 0.3) is 0 Å². The zero-order valence-corrected chi connectivity index (χ0v) is 12.3. The molecule has 0 fully saturated rings. The molecule has 1 amide bonds. The van der Waals surface area contributed by atoms with Gasteiger partial charge in [0, 0.05) is 10.7 Å². The molecule has 1 rings (SSSR count). The van der Waals surface area contributed by atoms with E-state index in [4.69, 9.17) is 5.73 Å². The summed E-state index contributed by atoms with van der Waals surface area (Å²) in [6, 6.07) is 6.28. The van der Waals surface area contributed by atoms with Gasteiger partial charge in [0.05, 0.1) is 17.5 Å². The Balaban J connectivity index is 2.58. The van der Waals surface area contributed by atoms with Gasteiger partial charge in [-0.3, -0.25) is 4.79 Å². The van der Waals surface area contributed by atoms with Crippen molar-refractivity contribution in [3.05, 3.63) is 28.7 Å². The molecular weight excluding hydrogens is 320 g/mol. The Labute approximate surface area is 115 Å². The highest BCUT2D eigenvalue weighted by Crippen LogP contribution is 2.21. The van der Waals surface area contributed by atoms with Crippen LogP contribution in [0.15, 0.2) is 28.7 Å². The Morgan fingerprint density at radius 2 is 2.06 bits per heavy atom. The fourth-order valence-electron chi connectivity index (χ4n) is 1.26. The SMILES string of the molecule is CS(=O)(=O)CCC(N)C(=O)Nc1ccccc1Br. The van der Waals surface area contributed by atoms with E-state index in [0.29, 0.717) is 5.69 Å². The third kappa shape index (κ3) is 5.16. The highest BCUT2D eigenvalue weighted by molar-refractivity contribution is 9.10. The lowest BCUT2D eigenvalue weighted by Gasteiger charge is -2.12. The summed E-state index contributed by atoms with van der Waals surface area (Å²) in [6.07, 6.45) is 1.22. The van der Waals surface area contributed by atoms with Crippen LogP contribution in [0.3, 0.4) is 0 Å². The number of hydrogen-bond acceptors (Lipinski definition) is 4. The minimum absolute atomic E-state index is 0.0997. The summed E-state index contributed by atoms with van der Waals surface area (Å²) >= 11 is 3.29. The number of carbonyl (C=O) groups excluding carboxylic acids is 1. The summed E-state index contributed by atoms with van der Waals surface area (Å²) in [5, 5.41) is 2.64. The Morgan fingerprint density at radius 1 is 1.44 bits per heavy atom. The second-order valence-electron chi connectivity index (χ2n) is 3.99. The van der Waals surface area contributed by atoms with Crippen molar-refractivity contribution in [3.8, 4) is 0 Å². The number of rotatable bonds is 5. The lowest BCUT2D eigenvalue weighted by molar-refractivity contribution is -0.117. The fourth-order valence-corrected chi connectivity index (χ4v) is 2.33. The van der Waals surface area contributed by atoms with Crippen LogP contribution in [-0.4, -0.2) is 32.4 Å². The van der Waals surface area contributed by atoms with Crippen molar-refractivity contribution in [1.29, 1.82) is 0 Å². The summed E-state index contributed by atoms with van der Waals surface area (Å²) in [6.45, 7) is 0. The van der Waals surface area contributed by atoms with Gasteiger partial charge < -0.3 is 11.1 Å². The Kier molecular flexibility index (Phi) is 5.30. The van der Waals surface area contributed by atoms with E-state index in [-0.39, 0.29) is 12.2 Å². The summed E-state index contributed by atoms with van der Waals surface area (Å²) in [4.78, 5) is 11.7. The first-order chi connectivity index (χ1) is 8.29. The molecule has 1 aromatic carbocycles. The molecule has 5 nitrogen and oxygen atoms in total. The van der Waals surface area contributed by atoms with Gasteiger partial charge in [-0.05, 0) is 34.5 Å². The van der Waals surface area contributed by atoms with E-state index in [1.54, 1.807) is 18.2 Å². The van der Waals surface area contributed by atoms with E-state index in [2.05, 4.69) is 21.2 Å². The molecule has 3 N–H and O–H groups in total. The van der Waals surface area contributed by atoms with Gasteiger partial charge in [-0.1, -0.05) is 12.1 Å². The van der Waals surface area contributed by atoms with E-state index < -0.39 is 21.8 Å². The lowest BCUT2D eigenvalue weighted by Crippen LogP contribution is -2.37. The number of halogens is 1. The molecule has 0 radical (unpaired) electrons. The standard InChI is InChI=1S/C11H15BrN2O3S/c1-18(16,17)7-6-9(13)11(15)14-10-5-3-2-4-8(10)12/h2-5,9H,6-7,13H2,1H3,(H,14,15). The first-order valence-corrected chi connectivity index (χ1v) is 8.13. The van der Waals surface area contributed by atoms with Gasteiger partial charge in [0.25, 0.3) is 0 Å². The largest absolute Gasteiger partial charge is 0.324 e. The maximum absolute atomic E-state index is 11.7. The molecule has 0 heterocycles. The van der Waals surface area contributed by atoms with Crippen LogP contribution in [-0.2, 0) is 14.6 Å². The van der Waals surface area contributed by atoms with Crippen molar-refractivity contribution in [2.24, 2.45) is 5.73 Å². The molecule has 0 aliphatic heterocycles. The van der Waals surface area contributed by atoms with Crippen LogP contribution in [0.1, 0.15) is 6.42 Å². The summed E-state index contributed by atoms with van der Waals surface area (Å²) < 4.78 is 22.7. The maximum Gasteiger partial charge on any atom is 0.241 e. The zero-order valence-electron chi connectivity index (χ0n) is 9.89. The maximum atomic E-state index is 11.7. The number of nitrogens with two attached hydrogens (primary N) is 1. The molecule has 0 saturated carbocycles. The van der Waals surface area contributed by atoms with E-state index >= 15 is 0 Å². The van der Waals surface area contributed by atoms with E-state index in [1.165, 1.54) is 0 Å². The third-order valence-corrected chi connectivity index (χ3v) is 3.94. The van der Waals surface area contributed by atoms with Crippen LogP contribution in [0.5, 0.6) is 0 Å². The molecule has 100 valence electrons. The highest BCUT2D eigenvalue weighted by atomic mass is 79.9. The van der Waals surface area contributed by atoms with Crippen LogP contribution in [0.2, 0.25) is 0 Å². The van der Waals surface area contributed by atoms with Crippen molar-refractivity contribution < 1.29 is 13.2 Å². The number of benzene rings is 1. The molecule has 0 bridgehead atoms. The monoisotopic (exact) mass is 334 g/mol. The summed E-state index contributed by atoms with van der Waals surface area (Å²) in [5.41, 5.74) is 6.24. The third-order valence-electron chi connectivity index (χ3n) is 2.27. The van der Waals surface area contributed by atoms with Gasteiger partial charge in [-0.25, -0.2) is 8.42 Å². The van der Waals surface area contributed by atoms with E-state index in [9.17, 15) is 13.2 Å². The minimum atomic E-state index is -3.10. The predicted octanol–water partition coefficient (Wildman–Crippen LogP) is 1.15. The average molecular weight is 335 g/mol. The quantitative estimate of drug-likeness (QED) is 0.845. The number of amides is 1. The number of para-hydroxylation sites is 1. The van der Waals surface area contributed by atoms with Crippen molar-refractivity contribution in [3.63, 3.8) is 0 Å². The minimum Gasteiger partial charge on any atom is -0.324 e. The van der Waals surface area contributed by atoms with Crippen molar-refractivity contribution in [2.75, 3.05) is 17.3 Å². The molecule has 0 saturated heterocycles. The van der Waals surface area contributed by atoms with Gasteiger partial charge in [0.2, 0.25) is 5.91 Å². The van der Waals surface area contributed by atoms with Crippen molar-refractivity contribution in [1.82, 2.24) is 0 Å². The lowest BCUT2D eigenvalue weighted by atomic mass is 10.2.